The zero-order chi connectivity index (χ0) is 18.3. The van der Waals surface area contributed by atoms with E-state index in [0.29, 0.717) is 59.6 Å². The third-order valence-electron chi connectivity index (χ3n) is 4.34. The Kier molecular flexibility index (Phi) is 4.21. The molecule has 4 rings (SSSR count). The third kappa shape index (κ3) is 2.87. The number of ether oxygens (including phenoxy) is 1. The minimum atomic E-state index is -0.276. The highest BCUT2D eigenvalue weighted by atomic mass is 35.5. The molecule has 1 aliphatic rings. The molecular weight excluding hydrogens is 358 g/mol. The molecule has 3 aromatic rings. The van der Waals surface area contributed by atoms with Crippen LogP contribution < -0.4 is 10.5 Å². The summed E-state index contributed by atoms with van der Waals surface area (Å²) in [6, 6.07) is 3.31. The number of carbonyl (C=O) groups is 1. The number of carbonyl (C=O) groups excluding carboxylic acids is 1. The van der Waals surface area contributed by atoms with E-state index in [1.807, 2.05) is 11.8 Å². The molecule has 0 aliphatic carbocycles. The minimum absolute atomic E-state index is 0.276. The zero-order valence-corrected chi connectivity index (χ0v) is 14.8. The van der Waals surface area contributed by atoms with E-state index in [1.54, 1.807) is 18.3 Å². The van der Waals surface area contributed by atoms with Crippen molar-refractivity contribution in [3.05, 3.63) is 44.8 Å². The molecule has 0 radical (unpaired) electrons. The summed E-state index contributed by atoms with van der Waals surface area (Å²) in [6.45, 7) is 4.31. The number of rotatable bonds is 3. The number of aromatic nitrogens is 4. The molecule has 26 heavy (non-hydrogen) atoms. The lowest BCUT2D eigenvalue weighted by Gasteiger charge is -2.26. The fourth-order valence-corrected chi connectivity index (χ4v) is 3.39. The van der Waals surface area contributed by atoms with Gasteiger partial charge in [-0.05, 0) is 24.6 Å². The molecule has 0 bridgehead atoms. The molecule has 1 N–H and O–H groups in total. The molecule has 0 saturated carbocycles. The second kappa shape index (κ2) is 6.54. The number of hydrogen-bond acceptors (Lipinski definition) is 6. The van der Waals surface area contributed by atoms with Crippen molar-refractivity contribution in [2.45, 2.75) is 6.92 Å². The molecule has 3 heterocycles. The maximum atomic E-state index is 12.5. The van der Waals surface area contributed by atoms with E-state index in [-0.39, 0.29) is 5.56 Å². The van der Waals surface area contributed by atoms with Crippen LogP contribution in [0.25, 0.3) is 16.7 Å². The van der Waals surface area contributed by atoms with E-state index in [9.17, 15) is 9.59 Å². The average molecular weight is 374 g/mol. The molecule has 8 nitrogen and oxygen atoms in total. The third-order valence-corrected chi connectivity index (χ3v) is 4.56. The predicted octanol–water partition coefficient (Wildman–Crippen LogP) is 1.72. The van der Waals surface area contributed by atoms with Crippen LogP contribution in [0.5, 0.6) is 0 Å². The van der Waals surface area contributed by atoms with Gasteiger partial charge in [-0.2, -0.15) is 4.98 Å². The molecule has 0 atom stereocenters. The number of aryl methyl sites for hydroxylation is 1. The number of morpholine rings is 1. The number of aldehydes is 1. The number of aromatic amines is 1. The van der Waals surface area contributed by atoms with Crippen LogP contribution in [-0.2, 0) is 4.74 Å². The van der Waals surface area contributed by atoms with Gasteiger partial charge in [0.1, 0.15) is 5.39 Å². The van der Waals surface area contributed by atoms with Gasteiger partial charge >= 0.3 is 0 Å². The van der Waals surface area contributed by atoms with Crippen LogP contribution in [0.2, 0.25) is 5.02 Å². The van der Waals surface area contributed by atoms with Crippen LogP contribution in [0.15, 0.2) is 23.1 Å². The van der Waals surface area contributed by atoms with Gasteiger partial charge in [0.15, 0.2) is 11.9 Å². The smallest absolute Gasteiger partial charge is 0.263 e. The van der Waals surface area contributed by atoms with Crippen LogP contribution in [0.4, 0.5) is 5.95 Å². The first-order valence-corrected chi connectivity index (χ1v) is 8.52. The normalized spacial score (nSPS) is 14.8. The highest BCUT2D eigenvalue weighted by Gasteiger charge is 2.18. The second-order valence-corrected chi connectivity index (χ2v) is 6.51. The number of benzene rings is 1. The van der Waals surface area contributed by atoms with Crippen LogP contribution in [0.3, 0.4) is 0 Å². The quantitative estimate of drug-likeness (QED) is 0.703. The van der Waals surface area contributed by atoms with Gasteiger partial charge in [0, 0.05) is 29.9 Å². The first-order valence-electron chi connectivity index (χ1n) is 8.15. The summed E-state index contributed by atoms with van der Waals surface area (Å²) in [5.41, 5.74) is 1.79. The lowest BCUT2D eigenvalue weighted by atomic mass is 10.1. The fourth-order valence-electron chi connectivity index (χ4n) is 3.11. The van der Waals surface area contributed by atoms with Gasteiger partial charge in [-0.3, -0.25) is 14.6 Å². The highest BCUT2D eigenvalue weighted by molar-refractivity contribution is 6.31. The summed E-state index contributed by atoms with van der Waals surface area (Å²) in [4.78, 5) is 33.2. The van der Waals surface area contributed by atoms with Crippen molar-refractivity contribution >= 4 is 34.9 Å². The lowest BCUT2D eigenvalue weighted by molar-refractivity contribution is 0.112. The molecule has 1 saturated heterocycles. The summed E-state index contributed by atoms with van der Waals surface area (Å²) in [7, 11) is 0. The SMILES string of the molecule is Cc1cc(Cl)cc(C=O)c1-n1cc2c(=O)[nH]c(N3CCOCC3)nc2n1. The Morgan fingerprint density at radius 1 is 1.31 bits per heavy atom. The van der Waals surface area contributed by atoms with Gasteiger partial charge in [-0.25, -0.2) is 4.68 Å². The van der Waals surface area contributed by atoms with E-state index in [0.717, 1.165) is 11.8 Å². The summed E-state index contributed by atoms with van der Waals surface area (Å²) in [5.74, 6) is 0.472. The molecule has 1 aliphatic heterocycles. The monoisotopic (exact) mass is 373 g/mol. The summed E-state index contributed by atoms with van der Waals surface area (Å²) in [5, 5.41) is 5.25. The number of fused-ring (bicyclic) bond motifs is 1. The Balaban J connectivity index is 1.85. The van der Waals surface area contributed by atoms with E-state index < -0.39 is 0 Å². The maximum Gasteiger partial charge on any atom is 0.263 e. The van der Waals surface area contributed by atoms with E-state index in [4.69, 9.17) is 16.3 Å². The molecule has 0 amide bonds. The van der Waals surface area contributed by atoms with Crippen LogP contribution in [-0.4, -0.2) is 52.3 Å². The molecule has 9 heteroatoms. The van der Waals surface area contributed by atoms with Gasteiger partial charge in [0.25, 0.3) is 5.56 Å². The molecule has 0 unspecified atom stereocenters. The van der Waals surface area contributed by atoms with E-state index >= 15 is 0 Å². The standard InChI is InChI=1S/C17H16ClN5O3/c1-10-6-12(18)7-11(9-24)14(10)23-8-13-15(21-23)19-17(20-16(13)25)22-2-4-26-5-3-22/h6-9H,2-5H2,1H3,(H,19,20,21,25). The molecule has 1 aromatic carbocycles. The van der Waals surface area contributed by atoms with Crippen molar-refractivity contribution in [1.82, 2.24) is 19.7 Å². The van der Waals surface area contributed by atoms with Crippen molar-refractivity contribution < 1.29 is 9.53 Å². The number of nitrogens with one attached hydrogen (secondary N) is 1. The Morgan fingerprint density at radius 2 is 2.08 bits per heavy atom. The van der Waals surface area contributed by atoms with Gasteiger partial charge in [-0.1, -0.05) is 11.6 Å². The Labute approximate surface area is 153 Å². The summed E-state index contributed by atoms with van der Waals surface area (Å²) in [6.07, 6.45) is 2.30. The molecular formula is C17H16ClN5O3. The number of anilines is 1. The number of H-pyrrole nitrogens is 1. The number of hydrogen-bond donors (Lipinski definition) is 1. The number of nitrogens with zero attached hydrogens (tertiary/aromatic N) is 4. The first-order chi connectivity index (χ1) is 12.6. The van der Waals surface area contributed by atoms with Crippen LogP contribution in [0, 0.1) is 6.92 Å². The van der Waals surface area contributed by atoms with Crippen molar-refractivity contribution in [3.63, 3.8) is 0 Å². The minimum Gasteiger partial charge on any atom is -0.378 e. The molecule has 1 fully saturated rings. The number of halogens is 1. The summed E-state index contributed by atoms with van der Waals surface area (Å²) < 4.78 is 6.83. The Morgan fingerprint density at radius 3 is 2.81 bits per heavy atom. The Hall–Kier alpha value is -2.71. The Bertz CT molecular complexity index is 1050. The maximum absolute atomic E-state index is 12.5. The average Bonchev–Trinajstić information content (AvgIpc) is 3.05. The van der Waals surface area contributed by atoms with Crippen molar-refractivity contribution in [2.24, 2.45) is 0 Å². The zero-order valence-electron chi connectivity index (χ0n) is 14.0. The first kappa shape index (κ1) is 16.7. The van der Waals surface area contributed by atoms with Gasteiger partial charge in [0.2, 0.25) is 5.95 Å². The topological polar surface area (TPSA) is 93.1 Å². The van der Waals surface area contributed by atoms with Crippen molar-refractivity contribution in [1.29, 1.82) is 0 Å². The largest absolute Gasteiger partial charge is 0.378 e. The van der Waals surface area contributed by atoms with E-state index in [1.165, 1.54) is 4.68 Å². The highest BCUT2D eigenvalue weighted by Crippen LogP contribution is 2.24. The molecule has 134 valence electrons. The van der Waals surface area contributed by atoms with Gasteiger partial charge < -0.3 is 9.64 Å². The van der Waals surface area contributed by atoms with Gasteiger partial charge in [0.05, 0.1) is 18.9 Å². The van der Waals surface area contributed by atoms with Crippen LogP contribution in [0.1, 0.15) is 15.9 Å². The predicted molar refractivity (Wildman–Crippen MR) is 97.7 cm³/mol. The van der Waals surface area contributed by atoms with Crippen molar-refractivity contribution in [2.75, 3.05) is 31.2 Å². The fraction of sp³-hybridized carbons (Fsp3) is 0.294. The van der Waals surface area contributed by atoms with E-state index in [2.05, 4.69) is 15.1 Å². The lowest BCUT2D eigenvalue weighted by Crippen LogP contribution is -2.38. The van der Waals surface area contributed by atoms with Crippen molar-refractivity contribution in [3.8, 4) is 5.69 Å². The van der Waals surface area contributed by atoms with Gasteiger partial charge in [-0.15, -0.1) is 5.10 Å². The summed E-state index contributed by atoms with van der Waals surface area (Å²) >= 11 is 6.03. The molecule has 0 spiro atoms. The molecule has 2 aromatic heterocycles. The van der Waals surface area contributed by atoms with Crippen LogP contribution >= 0.6 is 11.6 Å². The second-order valence-electron chi connectivity index (χ2n) is 6.08.